The van der Waals surface area contributed by atoms with Gasteiger partial charge in [0.2, 0.25) is 0 Å². The van der Waals surface area contributed by atoms with E-state index in [0.29, 0.717) is 0 Å². The highest BCUT2D eigenvalue weighted by atomic mass is 15.1. The van der Waals surface area contributed by atoms with Gasteiger partial charge in [-0.2, -0.15) is 0 Å². The minimum atomic E-state index is 0.914. The van der Waals surface area contributed by atoms with Crippen molar-refractivity contribution in [3.8, 4) is 22.8 Å². The predicted molar refractivity (Wildman–Crippen MR) is 176 cm³/mol. The third-order valence-electron chi connectivity index (χ3n) is 8.49. The van der Waals surface area contributed by atoms with Crippen LogP contribution in [0.15, 0.2) is 152 Å². The second-order valence-electron chi connectivity index (χ2n) is 10.8. The molecular weight excluding hydrogens is 510 g/mol. The van der Waals surface area contributed by atoms with Crippen molar-refractivity contribution in [1.29, 1.82) is 0 Å². The summed E-state index contributed by atoms with van der Waals surface area (Å²) in [5.41, 5.74) is 7.94. The monoisotopic (exact) mass is 535 g/mol. The summed E-state index contributed by atoms with van der Waals surface area (Å²) in [5, 5.41) is 7.40. The van der Waals surface area contributed by atoms with Crippen molar-refractivity contribution in [1.82, 2.24) is 14.1 Å². The average molecular weight is 536 g/mol. The van der Waals surface area contributed by atoms with E-state index < -0.39 is 0 Å². The number of fused-ring (bicyclic) bond motifs is 8. The lowest BCUT2D eigenvalue weighted by molar-refractivity contribution is 1.09. The third kappa shape index (κ3) is 3.31. The minimum absolute atomic E-state index is 0.914. The van der Waals surface area contributed by atoms with E-state index in [4.69, 9.17) is 4.98 Å². The number of para-hydroxylation sites is 2. The van der Waals surface area contributed by atoms with Gasteiger partial charge in [-0.1, -0.05) is 109 Å². The number of rotatable bonds is 3. The lowest BCUT2D eigenvalue weighted by atomic mass is 10.1. The van der Waals surface area contributed by atoms with Gasteiger partial charge in [0, 0.05) is 32.8 Å². The number of hydrogen-bond acceptors (Lipinski definition) is 1. The molecule has 3 aromatic heterocycles. The molecule has 0 N–H and O–H groups in total. The molecule has 9 rings (SSSR count). The number of hydrogen-bond donors (Lipinski definition) is 0. The molecule has 0 atom stereocenters. The third-order valence-corrected chi connectivity index (χ3v) is 8.49. The first-order valence-electron chi connectivity index (χ1n) is 14.3. The molecule has 0 amide bonds. The summed E-state index contributed by atoms with van der Waals surface area (Å²) >= 11 is 0. The van der Waals surface area contributed by atoms with E-state index >= 15 is 0 Å². The fraction of sp³-hybridized carbons (Fsp3) is 0. The molecule has 6 aromatic carbocycles. The highest BCUT2D eigenvalue weighted by Gasteiger charge is 2.21. The van der Waals surface area contributed by atoms with Gasteiger partial charge in [-0.3, -0.25) is 4.57 Å². The van der Waals surface area contributed by atoms with Gasteiger partial charge >= 0.3 is 0 Å². The van der Waals surface area contributed by atoms with Crippen LogP contribution in [0, 0.1) is 0 Å². The molecule has 0 aliphatic rings. The van der Waals surface area contributed by atoms with Crippen molar-refractivity contribution in [3.05, 3.63) is 152 Å². The van der Waals surface area contributed by atoms with Crippen molar-refractivity contribution in [2.24, 2.45) is 0 Å². The van der Waals surface area contributed by atoms with Crippen LogP contribution in [0.4, 0.5) is 0 Å². The van der Waals surface area contributed by atoms with Gasteiger partial charge in [0.05, 0.1) is 27.8 Å². The Morgan fingerprint density at radius 3 is 2.00 bits per heavy atom. The molecular formula is C39H25N3. The fourth-order valence-corrected chi connectivity index (χ4v) is 6.66. The van der Waals surface area contributed by atoms with Crippen LogP contribution < -0.4 is 0 Å². The normalized spacial score (nSPS) is 11.8. The Morgan fingerprint density at radius 1 is 0.429 bits per heavy atom. The van der Waals surface area contributed by atoms with Gasteiger partial charge in [0.25, 0.3) is 0 Å². The molecule has 0 unspecified atom stereocenters. The SMILES string of the molecule is c1ccc(-c2cccc(-n3c4ccccc4c4ccc5c(c6ccccc6n5-c5ccc6ccccc6c5)c43)n2)cc1. The summed E-state index contributed by atoms with van der Waals surface area (Å²) in [5.74, 6) is 0.914. The smallest absolute Gasteiger partial charge is 0.138 e. The largest absolute Gasteiger partial charge is 0.309 e. The van der Waals surface area contributed by atoms with Crippen LogP contribution >= 0.6 is 0 Å². The summed E-state index contributed by atoms with van der Waals surface area (Å²) in [6.07, 6.45) is 0. The molecule has 0 aliphatic carbocycles. The molecule has 0 aliphatic heterocycles. The summed E-state index contributed by atoms with van der Waals surface area (Å²) in [7, 11) is 0. The first kappa shape index (κ1) is 23.1. The van der Waals surface area contributed by atoms with Crippen LogP contribution in [-0.2, 0) is 0 Å². The Bertz CT molecular complexity index is 2460. The Balaban J connectivity index is 1.42. The molecule has 0 saturated heterocycles. The molecule has 196 valence electrons. The maximum absolute atomic E-state index is 5.23. The van der Waals surface area contributed by atoms with Crippen molar-refractivity contribution < 1.29 is 0 Å². The molecule has 3 heterocycles. The van der Waals surface area contributed by atoms with E-state index in [1.165, 1.54) is 48.9 Å². The van der Waals surface area contributed by atoms with Gasteiger partial charge in [-0.15, -0.1) is 0 Å². The number of nitrogens with zero attached hydrogens (tertiary/aromatic N) is 3. The zero-order valence-corrected chi connectivity index (χ0v) is 22.8. The summed E-state index contributed by atoms with van der Waals surface area (Å²) < 4.78 is 4.77. The minimum Gasteiger partial charge on any atom is -0.309 e. The second kappa shape index (κ2) is 8.92. The molecule has 0 bridgehead atoms. The van der Waals surface area contributed by atoms with Crippen molar-refractivity contribution >= 4 is 54.4 Å². The molecule has 0 fully saturated rings. The number of pyridine rings is 1. The van der Waals surface area contributed by atoms with E-state index in [-0.39, 0.29) is 0 Å². The lowest BCUT2D eigenvalue weighted by Gasteiger charge is -2.11. The van der Waals surface area contributed by atoms with Gasteiger partial charge < -0.3 is 4.57 Å². The Kier molecular flexibility index (Phi) is 4.90. The molecule has 9 aromatic rings. The van der Waals surface area contributed by atoms with E-state index in [9.17, 15) is 0 Å². The molecule has 42 heavy (non-hydrogen) atoms. The average Bonchev–Trinajstić information content (AvgIpc) is 3.58. The highest BCUT2D eigenvalue weighted by molar-refractivity contribution is 6.26. The van der Waals surface area contributed by atoms with E-state index in [2.05, 4.69) is 155 Å². The van der Waals surface area contributed by atoms with Crippen LogP contribution in [0.3, 0.4) is 0 Å². The first-order valence-corrected chi connectivity index (χ1v) is 14.3. The number of benzene rings is 6. The predicted octanol–water partition coefficient (Wildman–Crippen LogP) is 10.1. The maximum Gasteiger partial charge on any atom is 0.138 e. The first-order chi connectivity index (χ1) is 20.8. The van der Waals surface area contributed by atoms with Crippen LogP contribution in [0.5, 0.6) is 0 Å². The Labute approximate surface area is 242 Å². The van der Waals surface area contributed by atoms with Crippen LogP contribution in [-0.4, -0.2) is 14.1 Å². The van der Waals surface area contributed by atoms with E-state index in [1.54, 1.807) is 0 Å². The summed E-state index contributed by atoms with van der Waals surface area (Å²) in [6.45, 7) is 0. The Morgan fingerprint density at radius 2 is 1.14 bits per heavy atom. The van der Waals surface area contributed by atoms with Crippen molar-refractivity contribution in [2.45, 2.75) is 0 Å². The lowest BCUT2D eigenvalue weighted by Crippen LogP contribution is -1.99. The Hall–Kier alpha value is -5.67. The van der Waals surface area contributed by atoms with Crippen LogP contribution in [0.1, 0.15) is 0 Å². The van der Waals surface area contributed by atoms with E-state index in [1.807, 2.05) is 6.07 Å². The van der Waals surface area contributed by atoms with Gasteiger partial charge in [0.1, 0.15) is 5.82 Å². The van der Waals surface area contributed by atoms with Crippen molar-refractivity contribution in [3.63, 3.8) is 0 Å². The zero-order chi connectivity index (χ0) is 27.6. The standard InChI is InChI=1S/C39H25N3/c1-2-12-27(13-3-1)33-17-10-20-37(40-33)42-34-18-8-6-15-30(34)31-23-24-36-38(39(31)42)32-16-7-9-19-35(32)41(36)29-22-21-26-11-4-5-14-28(26)25-29/h1-25H. The number of aromatic nitrogens is 3. The highest BCUT2D eigenvalue weighted by Crippen LogP contribution is 2.42. The van der Waals surface area contributed by atoms with Gasteiger partial charge in [-0.25, -0.2) is 4.98 Å². The summed E-state index contributed by atoms with van der Waals surface area (Å²) in [4.78, 5) is 5.23. The van der Waals surface area contributed by atoms with Gasteiger partial charge in [0.15, 0.2) is 0 Å². The van der Waals surface area contributed by atoms with Crippen LogP contribution in [0.25, 0.3) is 77.1 Å². The van der Waals surface area contributed by atoms with Crippen molar-refractivity contribution in [2.75, 3.05) is 0 Å². The molecule has 0 spiro atoms. The molecule has 0 saturated carbocycles. The zero-order valence-electron chi connectivity index (χ0n) is 22.8. The molecule has 3 nitrogen and oxygen atoms in total. The topological polar surface area (TPSA) is 22.8 Å². The summed E-state index contributed by atoms with van der Waals surface area (Å²) in [6, 6.07) is 54.1. The molecule has 0 radical (unpaired) electrons. The van der Waals surface area contributed by atoms with Crippen LogP contribution in [0.2, 0.25) is 0 Å². The van der Waals surface area contributed by atoms with Gasteiger partial charge in [-0.05, 0) is 53.2 Å². The quantitative estimate of drug-likeness (QED) is 0.221. The molecule has 3 heteroatoms. The van der Waals surface area contributed by atoms with E-state index in [0.717, 1.165) is 28.3 Å². The maximum atomic E-state index is 5.23. The second-order valence-corrected chi connectivity index (χ2v) is 10.8. The fourth-order valence-electron chi connectivity index (χ4n) is 6.66.